The molecule has 2 aromatic rings. The van der Waals surface area contributed by atoms with Crippen LogP contribution in [-0.4, -0.2) is 11.0 Å². The molecule has 4 heteroatoms. The molecule has 98 valence electrons. The summed E-state index contributed by atoms with van der Waals surface area (Å²) in [6.07, 6.45) is 1.39. The monoisotopic (exact) mass is 275 g/mol. The molecule has 3 nitrogen and oxygen atoms in total. The Bertz CT molecular complexity index is 594. The smallest absolute Gasteiger partial charge is 0.248 e. The molecule has 0 radical (unpaired) electrons. The lowest BCUT2D eigenvalue weighted by atomic mass is 10.0. The van der Waals surface area contributed by atoms with Gasteiger partial charge in [0, 0.05) is 10.6 Å². The second kappa shape index (κ2) is 5.76. The van der Waals surface area contributed by atoms with Crippen molar-refractivity contribution < 1.29 is 9.90 Å². The van der Waals surface area contributed by atoms with Crippen molar-refractivity contribution in [2.24, 2.45) is 5.73 Å². The highest BCUT2D eigenvalue weighted by Crippen LogP contribution is 2.21. The molecular weight excluding hydrogens is 262 g/mol. The SMILES string of the molecule is NC(=O)c1ccc(O)c(CCc2ccc(Cl)cc2)c1. The predicted octanol–water partition coefficient (Wildman–Crippen LogP) is 2.93. The maximum Gasteiger partial charge on any atom is 0.248 e. The highest BCUT2D eigenvalue weighted by atomic mass is 35.5. The van der Waals surface area contributed by atoms with Gasteiger partial charge in [0.1, 0.15) is 5.75 Å². The first-order chi connectivity index (χ1) is 9.06. The molecule has 0 unspecified atom stereocenters. The van der Waals surface area contributed by atoms with Crippen molar-refractivity contribution in [3.05, 3.63) is 64.2 Å². The minimum absolute atomic E-state index is 0.180. The van der Waals surface area contributed by atoms with Gasteiger partial charge in [-0.2, -0.15) is 0 Å². The first-order valence-corrected chi connectivity index (χ1v) is 6.30. The molecule has 0 atom stereocenters. The van der Waals surface area contributed by atoms with Gasteiger partial charge in [0.25, 0.3) is 0 Å². The number of amides is 1. The Balaban J connectivity index is 2.12. The van der Waals surface area contributed by atoms with Crippen LogP contribution in [0.3, 0.4) is 0 Å². The summed E-state index contributed by atoms with van der Waals surface area (Å²) < 4.78 is 0. The molecule has 0 aromatic heterocycles. The number of hydrogen-bond donors (Lipinski definition) is 2. The first kappa shape index (κ1) is 13.4. The van der Waals surface area contributed by atoms with Crippen LogP contribution in [0.5, 0.6) is 5.75 Å². The average Bonchev–Trinajstić information content (AvgIpc) is 2.39. The van der Waals surface area contributed by atoms with Crippen LogP contribution in [0.1, 0.15) is 21.5 Å². The second-order valence-electron chi connectivity index (χ2n) is 4.33. The van der Waals surface area contributed by atoms with E-state index in [0.717, 1.165) is 12.0 Å². The van der Waals surface area contributed by atoms with E-state index in [1.807, 2.05) is 24.3 Å². The van der Waals surface area contributed by atoms with Gasteiger partial charge in [-0.3, -0.25) is 4.79 Å². The molecule has 0 saturated heterocycles. The molecule has 0 heterocycles. The topological polar surface area (TPSA) is 63.3 Å². The lowest BCUT2D eigenvalue weighted by Crippen LogP contribution is -2.11. The Kier molecular flexibility index (Phi) is 4.07. The van der Waals surface area contributed by atoms with Gasteiger partial charge in [-0.15, -0.1) is 0 Å². The summed E-state index contributed by atoms with van der Waals surface area (Å²) in [5.74, 6) is -0.313. The van der Waals surface area contributed by atoms with E-state index >= 15 is 0 Å². The van der Waals surface area contributed by atoms with Crippen LogP contribution in [0, 0.1) is 0 Å². The van der Waals surface area contributed by atoms with Crippen molar-refractivity contribution in [3.63, 3.8) is 0 Å². The van der Waals surface area contributed by atoms with E-state index in [1.54, 1.807) is 6.07 Å². The summed E-state index contributed by atoms with van der Waals surface area (Å²) in [5.41, 5.74) is 7.46. The van der Waals surface area contributed by atoms with E-state index in [-0.39, 0.29) is 5.75 Å². The summed E-state index contributed by atoms with van der Waals surface area (Å²) in [7, 11) is 0. The summed E-state index contributed by atoms with van der Waals surface area (Å²) in [6.45, 7) is 0. The summed E-state index contributed by atoms with van der Waals surface area (Å²) in [5, 5.41) is 10.5. The van der Waals surface area contributed by atoms with Crippen LogP contribution < -0.4 is 5.73 Å². The van der Waals surface area contributed by atoms with Gasteiger partial charge in [-0.05, 0) is 54.3 Å². The summed E-state index contributed by atoms with van der Waals surface area (Å²) in [4.78, 5) is 11.1. The minimum Gasteiger partial charge on any atom is -0.508 e. The Morgan fingerprint density at radius 3 is 2.42 bits per heavy atom. The molecule has 0 saturated carbocycles. The maximum absolute atomic E-state index is 11.1. The van der Waals surface area contributed by atoms with Crippen molar-refractivity contribution >= 4 is 17.5 Å². The van der Waals surface area contributed by atoms with Gasteiger partial charge in [0.05, 0.1) is 0 Å². The van der Waals surface area contributed by atoms with Crippen LogP contribution >= 0.6 is 11.6 Å². The molecule has 2 rings (SSSR count). The maximum atomic E-state index is 11.1. The Labute approximate surface area is 116 Å². The lowest BCUT2D eigenvalue weighted by Gasteiger charge is -2.06. The fourth-order valence-corrected chi connectivity index (χ4v) is 2.00. The number of aromatic hydroxyl groups is 1. The number of halogens is 1. The molecule has 3 N–H and O–H groups in total. The average molecular weight is 276 g/mol. The van der Waals surface area contributed by atoms with Crippen LogP contribution in [0.15, 0.2) is 42.5 Å². The molecule has 2 aromatic carbocycles. The number of hydrogen-bond acceptors (Lipinski definition) is 2. The third kappa shape index (κ3) is 3.48. The molecule has 0 aliphatic carbocycles. The van der Waals surface area contributed by atoms with Crippen molar-refractivity contribution in [3.8, 4) is 5.75 Å². The van der Waals surface area contributed by atoms with E-state index in [2.05, 4.69) is 0 Å². The molecule has 0 bridgehead atoms. The number of carbonyl (C=O) groups excluding carboxylic acids is 1. The van der Waals surface area contributed by atoms with Gasteiger partial charge in [0.15, 0.2) is 0 Å². The van der Waals surface area contributed by atoms with Gasteiger partial charge in [-0.1, -0.05) is 23.7 Å². The summed E-state index contributed by atoms with van der Waals surface area (Å²) in [6, 6.07) is 12.2. The molecule has 0 aliphatic heterocycles. The van der Waals surface area contributed by atoms with Gasteiger partial charge >= 0.3 is 0 Å². The van der Waals surface area contributed by atoms with Crippen molar-refractivity contribution in [1.82, 2.24) is 0 Å². The zero-order valence-electron chi connectivity index (χ0n) is 10.3. The Hall–Kier alpha value is -2.00. The fraction of sp³-hybridized carbons (Fsp3) is 0.133. The fourth-order valence-electron chi connectivity index (χ4n) is 1.87. The number of phenolic OH excluding ortho intramolecular Hbond substituents is 1. The largest absolute Gasteiger partial charge is 0.508 e. The number of nitrogens with two attached hydrogens (primary N) is 1. The highest BCUT2D eigenvalue weighted by molar-refractivity contribution is 6.30. The first-order valence-electron chi connectivity index (χ1n) is 5.92. The Morgan fingerprint density at radius 2 is 1.79 bits per heavy atom. The standard InChI is InChI=1S/C15H14ClNO2/c16-13-6-2-10(3-7-13)1-4-11-9-12(15(17)19)5-8-14(11)18/h2-3,5-9,18H,1,4H2,(H2,17,19). The molecular formula is C15H14ClNO2. The number of rotatable bonds is 4. The van der Waals surface area contributed by atoms with Gasteiger partial charge < -0.3 is 10.8 Å². The van der Waals surface area contributed by atoms with Crippen molar-refractivity contribution in [1.29, 1.82) is 0 Å². The number of benzene rings is 2. The second-order valence-corrected chi connectivity index (χ2v) is 4.77. The number of primary amides is 1. The normalized spacial score (nSPS) is 10.4. The van der Waals surface area contributed by atoms with E-state index in [1.165, 1.54) is 12.1 Å². The van der Waals surface area contributed by atoms with Crippen molar-refractivity contribution in [2.45, 2.75) is 12.8 Å². The Morgan fingerprint density at radius 1 is 1.11 bits per heavy atom. The van der Waals surface area contributed by atoms with Crippen LogP contribution in [0.4, 0.5) is 0 Å². The zero-order valence-corrected chi connectivity index (χ0v) is 11.0. The van der Waals surface area contributed by atoms with Gasteiger partial charge in [-0.25, -0.2) is 0 Å². The van der Waals surface area contributed by atoms with E-state index in [0.29, 0.717) is 22.6 Å². The number of carbonyl (C=O) groups is 1. The molecule has 0 fully saturated rings. The molecule has 1 amide bonds. The van der Waals surface area contributed by atoms with E-state index in [9.17, 15) is 9.90 Å². The minimum atomic E-state index is -0.493. The number of phenols is 1. The third-order valence-corrected chi connectivity index (χ3v) is 3.21. The highest BCUT2D eigenvalue weighted by Gasteiger charge is 2.06. The summed E-state index contributed by atoms with van der Waals surface area (Å²) >= 11 is 5.82. The predicted molar refractivity (Wildman–Crippen MR) is 75.5 cm³/mol. The zero-order chi connectivity index (χ0) is 13.8. The molecule has 0 aliphatic rings. The van der Waals surface area contributed by atoms with Gasteiger partial charge in [0.2, 0.25) is 5.91 Å². The molecule has 0 spiro atoms. The van der Waals surface area contributed by atoms with E-state index < -0.39 is 5.91 Å². The number of aryl methyl sites for hydroxylation is 2. The van der Waals surface area contributed by atoms with Crippen LogP contribution in [0.25, 0.3) is 0 Å². The molecule has 19 heavy (non-hydrogen) atoms. The van der Waals surface area contributed by atoms with E-state index in [4.69, 9.17) is 17.3 Å². The van der Waals surface area contributed by atoms with Crippen LogP contribution in [-0.2, 0) is 12.8 Å². The van der Waals surface area contributed by atoms with Crippen molar-refractivity contribution in [2.75, 3.05) is 0 Å². The van der Waals surface area contributed by atoms with Crippen LogP contribution in [0.2, 0.25) is 5.02 Å². The third-order valence-electron chi connectivity index (χ3n) is 2.96. The quantitative estimate of drug-likeness (QED) is 0.901. The lowest BCUT2D eigenvalue weighted by molar-refractivity contribution is 0.1000.